The molecule has 1 saturated heterocycles. The molecule has 0 bridgehead atoms. The molecule has 0 saturated carbocycles. The first-order valence-corrected chi connectivity index (χ1v) is 10.7. The number of carboxylic acids is 1. The zero-order chi connectivity index (χ0) is 26.0. The summed E-state index contributed by atoms with van der Waals surface area (Å²) in [6.45, 7) is 4.90. The molecule has 1 aliphatic heterocycles. The van der Waals surface area contributed by atoms with Crippen molar-refractivity contribution in [1.82, 2.24) is 15.0 Å². The highest BCUT2D eigenvalue weighted by Gasteiger charge is 2.38. The molecule has 1 aliphatic rings. The number of piperazine rings is 1. The molecule has 2 aromatic rings. The predicted octanol–water partition coefficient (Wildman–Crippen LogP) is 2.75. The zero-order valence-corrected chi connectivity index (χ0v) is 18.9. The van der Waals surface area contributed by atoms with Crippen molar-refractivity contribution in [2.24, 2.45) is 0 Å². The van der Waals surface area contributed by atoms with E-state index >= 15 is 0 Å². The number of esters is 1. The Morgan fingerprint density at radius 3 is 2.26 bits per heavy atom. The first-order chi connectivity index (χ1) is 16.5. The second kappa shape index (κ2) is 12.8. The highest BCUT2D eigenvalue weighted by atomic mass is 19.4. The molecule has 192 valence electrons. The van der Waals surface area contributed by atoms with Crippen LogP contribution in [-0.4, -0.2) is 83.4 Å². The summed E-state index contributed by atoms with van der Waals surface area (Å²) in [7, 11) is 0. The average Bonchev–Trinajstić information content (AvgIpc) is 3.27. The van der Waals surface area contributed by atoms with Gasteiger partial charge in [0.05, 0.1) is 19.3 Å². The van der Waals surface area contributed by atoms with Gasteiger partial charge in [-0.15, -0.1) is 0 Å². The maximum atomic E-state index is 13.1. The number of alkyl halides is 3. The van der Waals surface area contributed by atoms with Crippen LogP contribution in [0.5, 0.6) is 0 Å². The molecular formula is C22H25F4N3O6. The number of carboxylic acid groups (broad SMARTS) is 1. The molecule has 0 spiro atoms. The third kappa shape index (κ3) is 9.00. The van der Waals surface area contributed by atoms with Crippen molar-refractivity contribution in [3.8, 4) is 11.3 Å². The fourth-order valence-corrected chi connectivity index (χ4v) is 3.22. The van der Waals surface area contributed by atoms with E-state index < -0.39 is 12.1 Å². The van der Waals surface area contributed by atoms with E-state index in [0.717, 1.165) is 11.1 Å². The van der Waals surface area contributed by atoms with Crippen LogP contribution in [0.4, 0.5) is 17.6 Å². The predicted molar refractivity (Wildman–Crippen MR) is 114 cm³/mol. The van der Waals surface area contributed by atoms with Crippen molar-refractivity contribution in [3.05, 3.63) is 41.8 Å². The van der Waals surface area contributed by atoms with E-state index in [9.17, 15) is 27.2 Å². The van der Waals surface area contributed by atoms with Crippen molar-refractivity contribution in [2.75, 3.05) is 39.3 Å². The number of halogens is 4. The number of hydrogen-bond donors (Lipinski definition) is 1. The lowest BCUT2D eigenvalue weighted by Crippen LogP contribution is -2.50. The van der Waals surface area contributed by atoms with E-state index in [-0.39, 0.29) is 24.2 Å². The van der Waals surface area contributed by atoms with E-state index in [0.29, 0.717) is 51.4 Å². The lowest BCUT2D eigenvalue weighted by atomic mass is 10.0. The number of aromatic nitrogens is 1. The van der Waals surface area contributed by atoms with Gasteiger partial charge in [-0.1, -0.05) is 5.16 Å². The van der Waals surface area contributed by atoms with Gasteiger partial charge in [-0.05, 0) is 37.6 Å². The van der Waals surface area contributed by atoms with Crippen LogP contribution in [0.3, 0.4) is 0 Å². The number of hydrogen-bond acceptors (Lipinski definition) is 7. The number of rotatable bonds is 7. The molecule has 1 aromatic heterocycles. The van der Waals surface area contributed by atoms with Crippen molar-refractivity contribution < 1.29 is 46.3 Å². The summed E-state index contributed by atoms with van der Waals surface area (Å²) in [6.07, 6.45) is -2.64. The lowest BCUT2D eigenvalue weighted by molar-refractivity contribution is -0.192. The van der Waals surface area contributed by atoms with Gasteiger partial charge in [0.2, 0.25) is 5.91 Å². The van der Waals surface area contributed by atoms with E-state index in [1.165, 1.54) is 12.1 Å². The van der Waals surface area contributed by atoms with Crippen molar-refractivity contribution >= 4 is 17.8 Å². The standard InChI is InChI=1S/C20H24FN3O4.C2HF3O2/c1-2-27-19(26)14-23-9-11-24(12-10-23)18(25)8-5-16-13-22-28-20(16)15-3-6-17(21)7-4-15;3-2(4,5)1(6)7/h3-4,6-7,13H,2,5,8-12,14H2,1H3;(H,6,7). The van der Waals surface area contributed by atoms with Crippen LogP contribution in [0, 0.1) is 5.82 Å². The lowest BCUT2D eigenvalue weighted by Gasteiger charge is -2.34. The normalized spacial score (nSPS) is 14.1. The van der Waals surface area contributed by atoms with Crippen molar-refractivity contribution in [2.45, 2.75) is 25.9 Å². The number of carbonyl (C=O) groups excluding carboxylic acids is 2. The Labute approximate surface area is 198 Å². The SMILES string of the molecule is CCOC(=O)CN1CCN(C(=O)CCc2cnoc2-c2ccc(F)cc2)CC1.O=C(O)C(F)(F)F. The van der Waals surface area contributed by atoms with Gasteiger partial charge in [-0.2, -0.15) is 13.2 Å². The van der Waals surface area contributed by atoms with Crippen LogP contribution in [0.25, 0.3) is 11.3 Å². The van der Waals surface area contributed by atoms with Gasteiger partial charge < -0.3 is 19.3 Å². The van der Waals surface area contributed by atoms with Gasteiger partial charge in [0, 0.05) is 43.7 Å². The number of carbonyl (C=O) groups is 3. The fraction of sp³-hybridized carbons (Fsp3) is 0.455. The summed E-state index contributed by atoms with van der Waals surface area (Å²) in [5, 5.41) is 10.9. The van der Waals surface area contributed by atoms with Crippen LogP contribution < -0.4 is 0 Å². The quantitative estimate of drug-likeness (QED) is 0.454. The van der Waals surface area contributed by atoms with Gasteiger partial charge in [-0.3, -0.25) is 14.5 Å². The molecule has 2 heterocycles. The van der Waals surface area contributed by atoms with Crippen LogP contribution in [-0.2, 0) is 25.5 Å². The maximum absolute atomic E-state index is 13.1. The number of benzene rings is 1. The van der Waals surface area contributed by atoms with E-state index in [1.54, 1.807) is 25.3 Å². The minimum atomic E-state index is -5.08. The molecule has 13 heteroatoms. The first-order valence-electron chi connectivity index (χ1n) is 10.7. The molecule has 1 fully saturated rings. The molecule has 1 N–H and O–H groups in total. The largest absolute Gasteiger partial charge is 0.490 e. The number of aliphatic carboxylic acids is 1. The maximum Gasteiger partial charge on any atom is 0.490 e. The topological polar surface area (TPSA) is 113 Å². The molecule has 0 atom stereocenters. The number of aryl methyl sites for hydroxylation is 1. The molecular weight excluding hydrogens is 478 g/mol. The van der Waals surface area contributed by atoms with E-state index in [4.69, 9.17) is 19.2 Å². The Morgan fingerprint density at radius 2 is 1.71 bits per heavy atom. The zero-order valence-electron chi connectivity index (χ0n) is 18.9. The van der Waals surface area contributed by atoms with E-state index in [2.05, 4.69) is 5.16 Å². The van der Waals surface area contributed by atoms with Gasteiger partial charge >= 0.3 is 18.1 Å². The minimum Gasteiger partial charge on any atom is -0.475 e. The molecule has 35 heavy (non-hydrogen) atoms. The minimum absolute atomic E-state index is 0.0574. The second-order valence-electron chi connectivity index (χ2n) is 7.45. The van der Waals surface area contributed by atoms with Gasteiger partial charge in [0.15, 0.2) is 5.76 Å². The van der Waals surface area contributed by atoms with Crippen LogP contribution in [0.1, 0.15) is 18.9 Å². The number of nitrogens with zero attached hydrogens (tertiary/aromatic N) is 3. The monoisotopic (exact) mass is 503 g/mol. The first kappa shape index (κ1) is 27.8. The average molecular weight is 503 g/mol. The Kier molecular flexibility index (Phi) is 10.2. The molecule has 0 aliphatic carbocycles. The molecule has 9 nitrogen and oxygen atoms in total. The van der Waals surface area contributed by atoms with Gasteiger partial charge in [0.1, 0.15) is 5.82 Å². The summed E-state index contributed by atoms with van der Waals surface area (Å²) >= 11 is 0. The van der Waals surface area contributed by atoms with Crippen molar-refractivity contribution in [1.29, 1.82) is 0 Å². The summed E-state index contributed by atoms with van der Waals surface area (Å²) in [6, 6.07) is 5.99. The van der Waals surface area contributed by atoms with Crippen LogP contribution in [0.15, 0.2) is 35.0 Å². The Hall–Kier alpha value is -3.48. The fourth-order valence-electron chi connectivity index (χ4n) is 3.22. The van der Waals surface area contributed by atoms with Gasteiger partial charge in [-0.25, -0.2) is 9.18 Å². The highest BCUT2D eigenvalue weighted by Crippen LogP contribution is 2.25. The summed E-state index contributed by atoms with van der Waals surface area (Å²) in [5.41, 5.74) is 1.55. The highest BCUT2D eigenvalue weighted by molar-refractivity contribution is 5.77. The molecule has 3 rings (SSSR count). The third-order valence-corrected chi connectivity index (χ3v) is 4.98. The molecule has 0 unspecified atom stereocenters. The number of ether oxygens (including phenoxy) is 1. The van der Waals surface area contributed by atoms with Gasteiger partial charge in [0.25, 0.3) is 0 Å². The molecule has 1 aromatic carbocycles. The Bertz CT molecular complexity index is 986. The summed E-state index contributed by atoms with van der Waals surface area (Å²) in [5.74, 6) is -2.69. The summed E-state index contributed by atoms with van der Waals surface area (Å²) < 4.78 is 55.1. The van der Waals surface area contributed by atoms with Crippen molar-refractivity contribution in [3.63, 3.8) is 0 Å². The summed E-state index contributed by atoms with van der Waals surface area (Å²) in [4.78, 5) is 36.8. The van der Waals surface area contributed by atoms with Crippen LogP contribution >= 0.6 is 0 Å². The van der Waals surface area contributed by atoms with E-state index in [1.807, 2.05) is 9.80 Å². The second-order valence-corrected chi connectivity index (χ2v) is 7.45. The Morgan fingerprint density at radius 1 is 1.11 bits per heavy atom. The number of amides is 1. The molecule has 0 radical (unpaired) electrons. The molecule has 1 amide bonds. The van der Waals surface area contributed by atoms with Crippen LogP contribution in [0.2, 0.25) is 0 Å². The smallest absolute Gasteiger partial charge is 0.475 e. The third-order valence-electron chi connectivity index (χ3n) is 4.98. The Balaban J connectivity index is 0.000000540.